The Balaban J connectivity index is 1.75. The van der Waals surface area contributed by atoms with Gasteiger partial charge in [-0.15, -0.1) is 0 Å². The highest BCUT2D eigenvalue weighted by Crippen LogP contribution is 2.40. The van der Waals surface area contributed by atoms with Crippen LogP contribution in [0.2, 0.25) is 0 Å². The molecule has 4 nitrogen and oxygen atoms in total. The molecule has 1 N–H and O–H groups in total. The van der Waals surface area contributed by atoms with Gasteiger partial charge in [0.05, 0.1) is 5.69 Å². The van der Waals surface area contributed by atoms with E-state index in [0.717, 1.165) is 35.2 Å². The highest BCUT2D eigenvalue weighted by Gasteiger charge is 2.42. The number of benzene rings is 1. The summed E-state index contributed by atoms with van der Waals surface area (Å²) in [5.74, 6) is 0. The van der Waals surface area contributed by atoms with Crippen LogP contribution in [-0.2, 0) is 0 Å². The zero-order valence-electron chi connectivity index (χ0n) is 14.7. The molecule has 1 aromatic heterocycles. The maximum atomic E-state index is 12.3. The SMILES string of the molecule is Cc1ccc(-c2ccsc2)c(N(C(=O)O)C2CC3CCC(C2)N3C)c1. The van der Waals surface area contributed by atoms with Gasteiger partial charge in [-0.25, -0.2) is 4.79 Å². The van der Waals surface area contributed by atoms with Gasteiger partial charge < -0.3 is 10.0 Å². The van der Waals surface area contributed by atoms with Crippen molar-refractivity contribution in [1.82, 2.24) is 4.90 Å². The number of nitrogens with zero attached hydrogens (tertiary/aromatic N) is 2. The number of hydrogen-bond donors (Lipinski definition) is 1. The van der Waals surface area contributed by atoms with Gasteiger partial charge in [0.25, 0.3) is 0 Å². The Morgan fingerprint density at radius 1 is 1.24 bits per heavy atom. The minimum Gasteiger partial charge on any atom is -0.465 e. The van der Waals surface area contributed by atoms with Crippen LogP contribution in [0.4, 0.5) is 10.5 Å². The van der Waals surface area contributed by atoms with E-state index in [0.29, 0.717) is 12.1 Å². The average molecular weight is 356 g/mol. The second-order valence-corrected chi connectivity index (χ2v) is 8.14. The van der Waals surface area contributed by atoms with Crippen LogP contribution in [0.25, 0.3) is 11.1 Å². The Bertz CT molecular complexity index is 760. The van der Waals surface area contributed by atoms with Crippen molar-refractivity contribution >= 4 is 23.1 Å². The highest BCUT2D eigenvalue weighted by molar-refractivity contribution is 7.08. The van der Waals surface area contributed by atoms with Gasteiger partial charge in [-0.1, -0.05) is 12.1 Å². The summed E-state index contributed by atoms with van der Waals surface area (Å²) in [6, 6.07) is 9.31. The number of carbonyl (C=O) groups is 1. The van der Waals surface area contributed by atoms with Crippen LogP contribution in [0.1, 0.15) is 31.2 Å². The first-order valence-electron chi connectivity index (χ1n) is 8.92. The third kappa shape index (κ3) is 2.96. The molecule has 2 atom stereocenters. The van der Waals surface area contributed by atoms with Crippen molar-refractivity contribution < 1.29 is 9.90 Å². The van der Waals surface area contributed by atoms with E-state index in [1.165, 1.54) is 12.8 Å². The largest absolute Gasteiger partial charge is 0.465 e. The van der Waals surface area contributed by atoms with Crippen LogP contribution in [-0.4, -0.2) is 41.3 Å². The lowest BCUT2D eigenvalue weighted by Crippen LogP contribution is -2.50. The maximum Gasteiger partial charge on any atom is 0.412 e. The fourth-order valence-corrected chi connectivity index (χ4v) is 5.21. The fourth-order valence-electron chi connectivity index (χ4n) is 4.55. The molecule has 5 heteroatoms. The van der Waals surface area contributed by atoms with Gasteiger partial charge in [0.1, 0.15) is 0 Å². The number of amides is 1. The minimum absolute atomic E-state index is 0.0605. The Morgan fingerprint density at radius 2 is 1.96 bits per heavy atom. The fraction of sp³-hybridized carbons (Fsp3) is 0.450. The van der Waals surface area contributed by atoms with Crippen molar-refractivity contribution in [1.29, 1.82) is 0 Å². The summed E-state index contributed by atoms with van der Waals surface area (Å²) in [5.41, 5.74) is 4.04. The lowest BCUT2D eigenvalue weighted by atomic mass is 9.94. The van der Waals surface area contributed by atoms with Crippen molar-refractivity contribution in [2.45, 2.75) is 50.7 Å². The second kappa shape index (κ2) is 6.46. The topological polar surface area (TPSA) is 43.8 Å². The molecule has 2 fully saturated rings. The first kappa shape index (κ1) is 16.6. The van der Waals surface area contributed by atoms with Gasteiger partial charge in [-0.05, 0) is 73.7 Å². The molecule has 4 rings (SSSR count). The first-order chi connectivity index (χ1) is 12.0. The van der Waals surface area contributed by atoms with Crippen molar-refractivity contribution in [3.63, 3.8) is 0 Å². The number of carboxylic acid groups (broad SMARTS) is 1. The molecule has 2 unspecified atom stereocenters. The van der Waals surface area contributed by atoms with E-state index in [1.807, 2.05) is 18.4 Å². The standard InChI is InChI=1S/C20H24N2O2S/c1-13-3-6-18(14-7-8-25-12-14)19(9-13)22(20(23)24)17-10-15-4-5-16(11-17)21(15)2/h3,6-9,12,15-17H,4-5,10-11H2,1-2H3,(H,23,24). The van der Waals surface area contributed by atoms with Gasteiger partial charge in [-0.2, -0.15) is 11.3 Å². The molecule has 0 spiro atoms. The molecule has 2 aliphatic rings. The van der Waals surface area contributed by atoms with Crippen LogP contribution >= 0.6 is 11.3 Å². The third-order valence-corrected chi connectivity index (χ3v) is 6.57. The Labute approximate surface area is 152 Å². The smallest absolute Gasteiger partial charge is 0.412 e. The first-order valence-corrected chi connectivity index (χ1v) is 9.86. The number of aryl methyl sites for hydroxylation is 1. The normalized spacial score (nSPS) is 25.9. The van der Waals surface area contributed by atoms with Gasteiger partial charge in [0, 0.05) is 23.7 Å². The predicted molar refractivity (Wildman–Crippen MR) is 103 cm³/mol. The zero-order chi connectivity index (χ0) is 17.6. The monoisotopic (exact) mass is 356 g/mol. The average Bonchev–Trinajstić information content (AvgIpc) is 3.14. The van der Waals surface area contributed by atoms with Crippen LogP contribution in [0.15, 0.2) is 35.0 Å². The summed E-state index contributed by atoms with van der Waals surface area (Å²) in [6.45, 7) is 2.03. The quantitative estimate of drug-likeness (QED) is 0.856. The molecule has 3 heterocycles. The Hall–Kier alpha value is -1.85. The van der Waals surface area contributed by atoms with Crippen LogP contribution in [0.5, 0.6) is 0 Å². The summed E-state index contributed by atoms with van der Waals surface area (Å²) in [5, 5.41) is 14.2. The molecule has 132 valence electrons. The minimum atomic E-state index is -0.837. The molecule has 2 aliphatic heterocycles. The second-order valence-electron chi connectivity index (χ2n) is 7.36. The molecule has 1 aromatic carbocycles. The number of hydrogen-bond acceptors (Lipinski definition) is 3. The summed E-state index contributed by atoms with van der Waals surface area (Å²) in [7, 11) is 2.19. The number of fused-ring (bicyclic) bond motifs is 2. The molecule has 0 radical (unpaired) electrons. The van der Waals surface area contributed by atoms with Crippen LogP contribution in [0.3, 0.4) is 0 Å². The van der Waals surface area contributed by atoms with Gasteiger partial charge in [0.15, 0.2) is 0 Å². The number of piperidine rings is 1. The molecule has 2 bridgehead atoms. The molecule has 0 saturated carbocycles. The molecule has 25 heavy (non-hydrogen) atoms. The van der Waals surface area contributed by atoms with Gasteiger partial charge in [0.2, 0.25) is 0 Å². The van der Waals surface area contributed by atoms with E-state index in [4.69, 9.17) is 0 Å². The Kier molecular flexibility index (Phi) is 4.29. The Morgan fingerprint density at radius 3 is 2.56 bits per heavy atom. The van der Waals surface area contributed by atoms with E-state index in [1.54, 1.807) is 16.2 Å². The van der Waals surface area contributed by atoms with Crippen molar-refractivity contribution in [3.05, 3.63) is 40.6 Å². The van der Waals surface area contributed by atoms with E-state index < -0.39 is 6.09 Å². The molecular formula is C20H24N2O2S. The lowest BCUT2D eigenvalue weighted by molar-refractivity contribution is 0.151. The molecule has 1 amide bonds. The maximum absolute atomic E-state index is 12.3. The van der Waals surface area contributed by atoms with Crippen molar-refractivity contribution in [2.75, 3.05) is 11.9 Å². The number of thiophene rings is 1. The van der Waals surface area contributed by atoms with Gasteiger partial charge in [-0.3, -0.25) is 4.90 Å². The summed E-state index contributed by atoms with van der Waals surface area (Å²) in [6.07, 6.45) is 3.40. The van der Waals surface area contributed by atoms with Crippen molar-refractivity contribution in [3.8, 4) is 11.1 Å². The van der Waals surface area contributed by atoms with E-state index in [-0.39, 0.29) is 6.04 Å². The van der Waals surface area contributed by atoms with Crippen LogP contribution in [0, 0.1) is 6.92 Å². The summed E-state index contributed by atoms with van der Waals surface area (Å²) in [4.78, 5) is 16.4. The molecule has 0 aliphatic carbocycles. The zero-order valence-corrected chi connectivity index (χ0v) is 15.5. The third-order valence-electron chi connectivity index (χ3n) is 5.89. The highest BCUT2D eigenvalue weighted by atomic mass is 32.1. The summed E-state index contributed by atoms with van der Waals surface area (Å²) >= 11 is 1.64. The molecular weight excluding hydrogens is 332 g/mol. The number of rotatable bonds is 3. The van der Waals surface area contributed by atoms with E-state index in [2.05, 4.69) is 35.5 Å². The van der Waals surface area contributed by atoms with Crippen LogP contribution < -0.4 is 4.90 Å². The number of anilines is 1. The molecule has 2 aromatic rings. The predicted octanol–water partition coefficient (Wildman–Crippen LogP) is 4.83. The van der Waals surface area contributed by atoms with Gasteiger partial charge >= 0.3 is 6.09 Å². The van der Waals surface area contributed by atoms with Crippen molar-refractivity contribution in [2.24, 2.45) is 0 Å². The van der Waals surface area contributed by atoms with E-state index >= 15 is 0 Å². The molecule has 2 saturated heterocycles. The lowest BCUT2D eigenvalue weighted by Gasteiger charge is -2.41. The summed E-state index contributed by atoms with van der Waals surface area (Å²) < 4.78 is 0. The van der Waals surface area contributed by atoms with E-state index in [9.17, 15) is 9.90 Å².